The number of nitrogens with one attached hydrogen (secondary N) is 1. The van der Waals surface area contributed by atoms with E-state index in [9.17, 15) is 17.6 Å². The van der Waals surface area contributed by atoms with Crippen molar-refractivity contribution in [3.05, 3.63) is 95.3 Å². The third kappa shape index (κ3) is 6.42. The SMILES string of the molecule is CCc1ccccc1N(CC(=O)NCCCc1ccc(F)cc1)S(=O)(=O)c1ccc(C)cc1. The molecule has 0 aliphatic heterocycles. The Kier molecular flexibility index (Phi) is 8.22. The Morgan fingerprint density at radius 2 is 1.64 bits per heavy atom. The van der Waals surface area contributed by atoms with E-state index >= 15 is 0 Å². The highest BCUT2D eigenvalue weighted by atomic mass is 32.2. The van der Waals surface area contributed by atoms with Gasteiger partial charge in [0.25, 0.3) is 10.0 Å². The van der Waals surface area contributed by atoms with Crippen LogP contribution in [-0.4, -0.2) is 27.4 Å². The quantitative estimate of drug-likeness (QED) is 0.441. The second-order valence-electron chi connectivity index (χ2n) is 7.89. The molecule has 3 rings (SSSR count). The molecule has 0 aliphatic rings. The van der Waals surface area contributed by atoms with Gasteiger partial charge in [-0.3, -0.25) is 9.10 Å². The first-order valence-electron chi connectivity index (χ1n) is 11.0. The van der Waals surface area contributed by atoms with E-state index in [2.05, 4.69) is 5.32 Å². The number of anilines is 1. The van der Waals surface area contributed by atoms with Crippen molar-refractivity contribution >= 4 is 21.6 Å². The van der Waals surface area contributed by atoms with Gasteiger partial charge in [-0.2, -0.15) is 0 Å². The highest BCUT2D eigenvalue weighted by molar-refractivity contribution is 7.92. The maximum atomic E-state index is 13.5. The molecule has 0 fully saturated rings. The van der Waals surface area contributed by atoms with Gasteiger partial charge in [-0.25, -0.2) is 12.8 Å². The lowest BCUT2D eigenvalue weighted by atomic mass is 10.1. The summed E-state index contributed by atoms with van der Waals surface area (Å²) < 4.78 is 41.2. The molecule has 1 N–H and O–H groups in total. The summed E-state index contributed by atoms with van der Waals surface area (Å²) in [7, 11) is -3.94. The van der Waals surface area contributed by atoms with Crippen molar-refractivity contribution in [1.82, 2.24) is 5.32 Å². The van der Waals surface area contributed by atoms with Gasteiger partial charge in [-0.05, 0) is 67.6 Å². The van der Waals surface area contributed by atoms with Gasteiger partial charge in [0.2, 0.25) is 5.91 Å². The number of carbonyl (C=O) groups is 1. The van der Waals surface area contributed by atoms with E-state index in [4.69, 9.17) is 0 Å². The fourth-order valence-corrected chi connectivity index (χ4v) is 5.01. The Hall–Kier alpha value is -3.19. The number of hydrogen-bond donors (Lipinski definition) is 1. The van der Waals surface area contributed by atoms with E-state index in [-0.39, 0.29) is 23.2 Å². The van der Waals surface area contributed by atoms with Gasteiger partial charge < -0.3 is 5.32 Å². The molecule has 0 saturated heterocycles. The summed E-state index contributed by atoms with van der Waals surface area (Å²) in [5.41, 5.74) is 3.28. The number of aryl methyl sites for hydroxylation is 3. The molecule has 33 heavy (non-hydrogen) atoms. The predicted molar refractivity (Wildman–Crippen MR) is 129 cm³/mol. The molecular formula is C26H29FN2O3S. The summed E-state index contributed by atoms with van der Waals surface area (Å²) in [5, 5.41) is 2.82. The van der Waals surface area contributed by atoms with Crippen LogP contribution in [0.5, 0.6) is 0 Å². The van der Waals surface area contributed by atoms with Crippen LogP contribution in [0.4, 0.5) is 10.1 Å². The number of halogens is 1. The molecule has 3 aromatic rings. The second-order valence-corrected chi connectivity index (χ2v) is 9.75. The number of hydrogen-bond acceptors (Lipinski definition) is 3. The Morgan fingerprint density at radius 3 is 2.30 bits per heavy atom. The molecule has 0 saturated carbocycles. The van der Waals surface area contributed by atoms with Crippen molar-refractivity contribution in [3.63, 3.8) is 0 Å². The van der Waals surface area contributed by atoms with Crippen LogP contribution in [0, 0.1) is 12.7 Å². The van der Waals surface area contributed by atoms with Gasteiger partial charge in [0.05, 0.1) is 10.6 Å². The number of nitrogens with zero attached hydrogens (tertiary/aromatic N) is 1. The van der Waals surface area contributed by atoms with Crippen molar-refractivity contribution in [2.75, 3.05) is 17.4 Å². The third-order valence-electron chi connectivity index (χ3n) is 5.42. The monoisotopic (exact) mass is 468 g/mol. The molecule has 0 radical (unpaired) electrons. The Bertz CT molecular complexity index is 1180. The third-order valence-corrected chi connectivity index (χ3v) is 7.19. The summed E-state index contributed by atoms with van der Waals surface area (Å²) in [4.78, 5) is 12.9. The maximum absolute atomic E-state index is 13.5. The Labute approximate surface area is 195 Å². The molecule has 0 bridgehead atoms. The molecule has 0 aliphatic carbocycles. The van der Waals surface area contributed by atoms with Crippen molar-refractivity contribution in [2.24, 2.45) is 0 Å². The zero-order chi connectivity index (χ0) is 23.8. The number of carbonyl (C=O) groups excluding carboxylic acids is 1. The van der Waals surface area contributed by atoms with E-state index in [1.807, 2.05) is 26.0 Å². The first-order valence-corrected chi connectivity index (χ1v) is 12.4. The highest BCUT2D eigenvalue weighted by Gasteiger charge is 2.28. The van der Waals surface area contributed by atoms with Crippen LogP contribution < -0.4 is 9.62 Å². The molecular weight excluding hydrogens is 439 g/mol. The lowest BCUT2D eigenvalue weighted by molar-refractivity contribution is -0.119. The molecule has 174 valence electrons. The van der Waals surface area contributed by atoms with Crippen molar-refractivity contribution < 1.29 is 17.6 Å². The van der Waals surface area contributed by atoms with Crippen molar-refractivity contribution in [2.45, 2.75) is 38.0 Å². The van der Waals surface area contributed by atoms with Gasteiger partial charge in [-0.15, -0.1) is 0 Å². The minimum atomic E-state index is -3.94. The van der Waals surface area contributed by atoms with Crippen LogP contribution in [0.1, 0.15) is 30.0 Å². The fourth-order valence-electron chi connectivity index (χ4n) is 3.55. The molecule has 3 aromatic carbocycles. The molecule has 0 unspecified atom stereocenters. The summed E-state index contributed by atoms with van der Waals surface area (Å²) in [6.07, 6.45) is 1.98. The van der Waals surface area contributed by atoms with Crippen LogP contribution in [0.3, 0.4) is 0 Å². The van der Waals surface area contributed by atoms with Gasteiger partial charge in [0, 0.05) is 6.54 Å². The van der Waals surface area contributed by atoms with E-state index in [0.717, 1.165) is 16.7 Å². The largest absolute Gasteiger partial charge is 0.355 e. The number of rotatable bonds is 10. The number of benzene rings is 3. The molecule has 0 atom stereocenters. The zero-order valence-corrected chi connectivity index (χ0v) is 19.7. The first-order chi connectivity index (χ1) is 15.8. The van der Waals surface area contributed by atoms with Crippen LogP contribution in [0.25, 0.3) is 0 Å². The van der Waals surface area contributed by atoms with Crippen LogP contribution in [0.15, 0.2) is 77.7 Å². The summed E-state index contributed by atoms with van der Waals surface area (Å²) >= 11 is 0. The lowest BCUT2D eigenvalue weighted by Gasteiger charge is -2.26. The van der Waals surface area contributed by atoms with E-state index in [0.29, 0.717) is 31.5 Å². The maximum Gasteiger partial charge on any atom is 0.264 e. The van der Waals surface area contributed by atoms with E-state index in [1.165, 1.54) is 16.4 Å². The second kappa shape index (κ2) is 11.1. The summed E-state index contributed by atoms with van der Waals surface area (Å²) in [6, 6.07) is 20.1. The fraction of sp³-hybridized carbons (Fsp3) is 0.269. The van der Waals surface area contributed by atoms with Gasteiger partial charge in [0.15, 0.2) is 0 Å². The smallest absolute Gasteiger partial charge is 0.264 e. The van der Waals surface area contributed by atoms with Crippen molar-refractivity contribution in [1.29, 1.82) is 0 Å². The lowest BCUT2D eigenvalue weighted by Crippen LogP contribution is -2.41. The minimum Gasteiger partial charge on any atom is -0.355 e. The van der Waals surface area contributed by atoms with Gasteiger partial charge >= 0.3 is 0 Å². The summed E-state index contributed by atoms with van der Waals surface area (Å²) in [5.74, 6) is -0.662. The molecule has 0 spiro atoms. The normalized spacial score (nSPS) is 11.2. The van der Waals surface area contributed by atoms with Gasteiger partial charge in [0.1, 0.15) is 12.4 Å². The molecule has 0 aromatic heterocycles. The highest BCUT2D eigenvalue weighted by Crippen LogP contribution is 2.27. The molecule has 0 heterocycles. The van der Waals surface area contributed by atoms with Crippen LogP contribution >= 0.6 is 0 Å². The van der Waals surface area contributed by atoms with Crippen LogP contribution in [0.2, 0.25) is 0 Å². The Balaban J connectivity index is 1.74. The predicted octanol–water partition coefficient (Wildman–Crippen LogP) is 4.64. The van der Waals surface area contributed by atoms with E-state index in [1.54, 1.807) is 48.5 Å². The number of para-hydroxylation sites is 1. The molecule has 1 amide bonds. The number of sulfonamides is 1. The number of amides is 1. The minimum absolute atomic E-state index is 0.142. The average molecular weight is 469 g/mol. The average Bonchev–Trinajstić information content (AvgIpc) is 2.81. The zero-order valence-electron chi connectivity index (χ0n) is 18.9. The Morgan fingerprint density at radius 1 is 0.970 bits per heavy atom. The standard InChI is InChI=1S/C26H29FN2O3S/c1-3-22-8-4-5-9-25(22)29(33(31,32)24-16-10-20(2)11-17-24)19-26(30)28-18-6-7-21-12-14-23(27)15-13-21/h4-5,8-17H,3,6-7,18-19H2,1-2H3,(H,28,30). The first kappa shape index (κ1) is 24.5. The van der Waals surface area contributed by atoms with E-state index < -0.39 is 10.0 Å². The molecule has 7 heteroatoms. The molecule has 5 nitrogen and oxygen atoms in total. The van der Waals surface area contributed by atoms with Crippen molar-refractivity contribution in [3.8, 4) is 0 Å². The topological polar surface area (TPSA) is 66.5 Å². The van der Waals surface area contributed by atoms with Gasteiger partial charge in [-0.1, -0.05) is 55.0 Å². The van der Waals surface area contributed by atoms with Crippen LogP contribution in [-0.2, 0) is 27.7 Å². The summed E-state index contributed by atoms with van der Waals surface area (Å²) in [6.45, 7) is 3.92.